The summed E-state index contributed by atoms with van der Waals surface area (Å²) in [5.74, 6) is 0.917. The molecular formula is C25H17ClFN3O2. The van der Waals surface area contributed by atoms with Crippen LogP contribution in [0.1, 0.15) is 47.1 Å². The van der Waals surface area contributed by atoms with E-state index in [0.717, 1.165) is 53.8 Å². The highest BCUT2D eigenvalue weighted by molar-refractivity contribution is 6.31. The molecule has 2 aliphatic rings. The number of nitriles is 1. The molecule has 0 amide bonds. The molecule has 1 aliphatic heterocycles. The van der Waals surface area contributed by atoms with E-state index in [1.807, 2.05) is 24.3 Å². The van der Waals surface area contributed by atoms with Crippen LogP contribution < -0.4 is 4.74 Å². The Balaban J connectivity index is 1.48. The Morgan fingerprint density at radius 3 is 2.88 bits per heavy atom. The van der Waals surface area contributed by atoms with Crippen LogP contribution >= 0.6 is 11.6 Å². The van der Waals surface area contributed by atoms with E-state index in [2.05, 4.69) is 10.1 Å². The molecule has 1 atom stereocenters. The second-order valence-corrected chi connectivity index (χ2v) is 8.69. The molecule has 2 aromatic carbocycles. The Bertz CT molecular complexity index is 1440. The molecule has 1 aliphatic carbocycles. The lowest BCUT2D eigenvalue weighted by Gasteiger charge is -2.15. The fourth-order valence-corrected chi connectivity index (χ4v) is 5.07. The maximum atomic E-state index is 14.5. The van der Waals surface area contributed by atoms with Crippen LogP contribution in [0, 0.1) is 17.1 Å². The van der Waals surface area contributed by atoms with Crippen LogP contribution in [0.5, 0.6) is 5.75 Å². The molecular weight excluding hydrogens is 429 g/mol. The van der Waals surface area contributed by atoms with Crippen molar-refractivity contribution in [1.29, 1.82) is 5.26 Å². The lowest BCUT2D eigenvalue weighted by atomic mass is 9.93. The van der Waals surface area contributed by atoms with Crippen molar-refractivity contribution in [1.82, 2.24) is 10.1 Å². The maximum Gasteiger partial charge on any atom is 0.181 e. The van der Waals surface area contributed by atoms with E-state index >= 15 is 0 Å². The van der Waals surface area contributed by atoms with Gasteiger partial charge in [0.25, 0.3) is 0 Å². The average molecular weight is 446 g/mol. The van der Waals surface area contributed by atoms with Crippen LogP contribution in [0.25, 0.3) is 22.0 Å². The van der Waals surface area contributed by atoms with Crippen LogP contribution in [0.4, 0.5) is 4.39 Å². The highest BCUT2D eigenvalue weighted by Crippen LogP contribution is 2.47. The standard InChI is InChI=1S/C25H17ClFN3O2/c26-15-7-13-9-23(25-17-3-1-2-4-21(17)30-32-25)31-24(13)19(10-15)16-5-6-29-22-8-14(12-28)20(27)11-18(16)22/h5-8,10-11,23H,1-4,9H2/t23-/m1/s1. The van der Waals surface area contributed by atoms with Gasteiger partial charge in [0.2, 0.25) is 0 Å². The topological polar surface area (TPSA) is 71.9 Å². The Hall–Kier alpha value is -3.43. The van der Waals surface area contributed by atoms with Gasteiger partial charge in [-0.25, -0.2) is 4.39 Å². The lowest BCUT2D eigenvalue weighted by Crippen LogP contribution is -2.08. The highest BCUT2D eigenvalue weighted by atomic mass is 35.5. The fraction of sp³-hybridized carbons (Fsp3) is 0.240. The zero-order valence-corrected chi connectivity index (χ0v) is 17.7. The van der Waals surface area contributed by atoms with Crippen molar-refractivity contribution in [2.24, 2.45) is 0 Å². The first-order valence-corrected chi connectivity index (χ1v) is 11.0. The number of fused-ring (bicyclic) bond motifs is 3. The Morgan fingerprint density at radius 2 is 2.00 bits per heavy atom. The van der Waals surface area contributed by atoms with Gasteiger partial charge in [-0.05, 0) is 61.6 Å². The van der Waals surface area contributed by atoms with E-state index in [-0.39, 0.29) is 11.7 Å². The van der Waals surface area contributed by atoms with Gasteiger partial charge >= 0.3 is 0 Å². The van der Waals surface area contributed by atoms with Crippen LogP contribution in [-0.2, 0) is 19.3 Å². The molecule has 2 aromatic heterocycles. The molecule has 158 valence electrons. The van der Waals surface area contributed by atoms with Gasteiger partial charge in [-0.1, -0.05) is 16.8 Å². The van der Waals surface area contributed by atoms with Crippen LogP contribution in [-0.4, -0.2) is 10.1 Å². The first-order chi connectivity index (χ1) is 15.6. The second-order valence-electron chi connectivity index (χ2n) is 8.25. The van der Waals surface area contributed by atoms with E-state index in [0.29, 0.717) is 28.1 Å². The highest BCUT2D eigenvalue weighted by Gasteiger charge is 2.34. The normalized spacial score (nSPS) is 17.0. The van der Waals surface area contributed by atoms with Crippen molar-refractivity contribution < 1.29 is 13.7 Å². The summed E-state index contributed by atoms with van der Waals surface area (Å²) in [6.07, 6.45) is 6.14. The van der Waals surface area contributed by atoms with Gasteiger partial charge in [0.05, 0.1) is 16.8 Å². The number of hydrogen-bond acceptors (Lipinski definition) is 5. The number of halogens is 2. The van der Waals surface area contributed by atoms with Crippen molar-refractivity contribution in [2.75, 3.05) is 0 Å². The molecule has 4 aromatic rings. The molecule has 0 unspecified atom stereocenters. The summed E-state index contributed by atoms with van der Waals surface area (Å²) in [5, 5.41) is 14.6. The fourth-order valence-electron chi connectivity index (χ4n) is 4.83. The van der Waals surface area contributed by atoms with Gasteiger partial charge in [-0.15, -0.1) is 0 Å². The molecule has 0 N–H and O–H groups in total. The number of pyridine rings is 1. The number of rotatable bonds is 2. The molecule has 0 fully saturated rings. The summed E-state index contributed by atoms with van der Waals surface area (Å²) in [6.45, 7) is 0. The molecule has 0 radical (unpaired) electrons. The van der Waals surface area contributed by atoms with Gasteiger partial charge in [0.15, 0.2) is 11.9 Å². The zero-order valence-electron chi connectivity index (χ0n) is 17.0. The average Bonchev–Trinajstić information content (AvgIpc) is 3.41. The first-order valence-electron chi connectivity index (χ1n) is 10.6. The van der Waals surface area contributed by atoms with Crippen molar-refractivity contribution in [3.8, 4) is 22.9 Å². The van der Waals surface area contributed by atoms with Crippen molar-refractivity contribution in [2.45, 2.75) is 38.2 Å². The zero-order chi connectivity index (χ0) is 21.8. The Kier molecular flexibility index (Phi) is 4.41. The number of benzene rings is 2. The first kappa shape index (κ1) is 19.3. The SMILES string of the molecule is N#Cc1cc2nccc(-c3cc(Cl)cc4c3O[C@@H](c3onc5c3CCCC5)C4)c2cc1F. The predicted molar refractivity (Wildman–Crippen MR) is 117 cm³/mol. The van der Waals surface area contributed by atoms with Gasteiger partial charge in [-0.3, -0.25) is 4.98 Å². The predicted octanol–water partition coefficient (Wildman–Crippen LogP) is 6.11. The molecule has 6 rings (SSSR count). The number of nitrogens with zero attached hydrogens (tertiary/aromatic N) is 3. The van der Waals surface area contributed by atoms with Gasteiger partial charge in [-0.2, -0.15) is 5.26 Å². The van der Waals surface area contributed by atoms with Crippen molar-refractivity contribution >= 4 is 22.5 Å². The van der Waals surface area contributed by atoms with Crippen LogP contribution in [0.3, 0.4) is 0 Å². The number of aryl methyl sites for hydroxylation is 1. The van der Waals surface area contributed by atoms with Crippen LogP contribution in [0.2, 0.25) is 5.02 Å². The third-order valence-corrected chi connectivity index (χ3v) is 6.54. The third-order valence-electron chi connectivity index (χ3n) is 6.32. The summed E-state index contributed by atoms with van der Waals surface area (Å²) < 4.78 is 26.6. The smallest absolute Gasteiger partial charge is 0.181 e. The largest absolute Gasteiger partial charge is 0.481 e. The summed E-state index contributed by atoms with van der Waals surface area (Å²) in [7, 11) is 0. The van der Waals surface area contributed by atoms with E-state index in [1.54, 1.807) is 6.20 Å². The molecule has 0 spiro atoms. The summed E-state index contributed by atoms with van der Waals surface area (Å²) in [4.78, 5) is 4.32. The van der Waals surface area contributed by atoms with Crippen molar-refractivity contribution in [3.63, 3.8) is 0 Å². The Labute approximate surface area is 188 Å². The van der Waals surface area contributed by atoms with E-state index in [9.17, 15) is 4.39 Å². The van der Waals surface area contributed by atoms with Gasteiger partial charge in [0, 0.05) is 39.7 Å². The monoisotopic (exact) mass is 445 g/mol. The van der Waals surface area contributed by atoms with Gasteiger partial charge in [0.1, 0.15) is 17.6 Å². The van der Waals surface area contributed by atoms with E-state index < -0.39 is 5.82 Å². The maximum absolute atomic E-state index is 14.5. The van der Waals surface area contributed by atoms with Crippen molar-refractivity contribution in [3.05, 3.63) is 75.5 Å². The number of ether oxygens (including phenoxy) is 1. The third kappa shape index (κ3) is 2.96. The molecule has 0 bridgehead atoms. The summed E-state index contributed by atoms with van der Waals surface area (Å²) >= 11 is 6.47. The molecule has 0 saturated heterocycles. The number of aromatic nitrogens is 2. The van der Waals surface area contributed by atoms with Gasteiger partial charge < -0.3 is 9.26 Å². The lowest BCUT2D eigenvalue weighted by molar-refractivity contribution is 0.189. The molecule has 0 saturated carbocycles. The molecule has 7 heteroatoms. The second kappa shape index (κ2) is 7.32. The summed E-state index contributed by atoms with van der Waals surface area (Å²) in [6, 6.07) is 10.2. The quantitative estimate of drug-likeness (QED) is 0.372. The molecule has 32 heavy (non-hydrogen) atoms. The van der Waals surface area contributed by atoms with Crippen LogP contribution in [0.15, 0.2) is 41.1 Å². The molecule has 3 heterocycles. The summed E-state index contributed by atoms with van der Waals surface area (Å²) in [5.41, 5.74) is 5.18. The Morgan fingerprint density at radius 1 is 1.12 bits per heavy atom. The molecule has 5 nitrogen and oxygen atoms in total. The number of hydrogen-bond donors (Lipinski definition) is 0. The minimum Gasteiger partial charge on any atom is -0.481 e. The van der Waals surface area contributed by atoms with E-state index in [4.69, 9.17) is 26.1 Å². The minimum absolute atomic E-state index is 0.0371. The minimum atomic E-state index is -0.583. The van der Waals surface area contributed by atoms with E-state index in [1.165, 1.54) is 17.7 Å².